The molecule has 0 aromatic rings. The Morgan fingerprint density at radius 3 is 1.71 bits per heavy atom. The molecule has 1 atom stereocenters. The van der Waals surface area contributed by atoms with Crippen molar-refractivity contribution in [2.75, 3.05) is 91.9 Å². The van der Waals surface area contributed by atoms with Gasteiger partial charge in [-0.1, -0.05) is 0 Å². The molecule has 1 aliphatic heterocycles. The molecule has 1 saturated heterocycles. The summed E-state index contributed by atoms with van der Waals surface area (Å²) in [7, 11) is 0. The average molecular weight is 407 g/mol. The lowest BCUT2D eigenvalue weighted by molar-refractivity contribution is -0.132. The second-order valence-electron chi connectivity index (χ2n) is 7.01. The van der Waals surface area contributed by atoms with Crippen LogP contribution in [0.25, 0.3) is 0 Å². The molecule has 0 spiro atoms. The molecule has 1 amide bonds. The number of carbonyl (C=O) groups is 1. The van der Waals surface area contributed by atoms with Crippen molar-refractivity contribution in [3.05, 3.63) is 0 Å². The minimum atomic E-state index is -0.681. The zero-order chi connectivity index (χ0) is 20.8. The highest BCUT2D eigenvalue weighted by Crippen LogP contribution is 2.07. The normalized spacial score (nSPS) is 17.2. The van der Waals surface area contributed by atoms with Crippen LogP contribution in [0.15, 0.2) is 0 Å². The predicted molar refractivity (Wildman–Crippen MR) is 105 cm³/mol. The molecule has 1 aliphatic rings. The lowest BCUT2D eigenvalue weighted by Crippen LogP contribution is -2.49. The highest BCUT2D eigenvalue weighted by molar-refractivity contribution is 5.76. The first-order valence-electron chi connectivity index (χ1n) is 10.1. The predicted octanol–water partition coefficient (Wildman–Crippen LogP) is -3.20. The highest BCUT2D eigenvalue weighted by atomic mass is 16.3. The van der Waals surface area contributed by atoms with Gasteiger partial charge in [0.25, 0.3) is 0 Å². The summed E-state index contributed by atoms with van der Waals surface area (Å²) in [6.07, 6.45) is 0.241. The van der Waals surface area contributed by atoms with E-state index in [-0.39, 0.29) is 45.4 Å². The van der Waals surface area contributed by atoms with Crippen molar-refractivity contribution in [1.82, 2.24) is 19.6 Å². The first kappa shape index (κ1) is 25.2. The topological polar surface area (TPSA) is 131 Å². The second-order valence-corrected chi connectivity index (χ2v) is 7.01. The standard InChI is InChI=1S/C18H38N4O6/c23-13-9-21(10-14-24)17(27)1-3-19-5-7-20(8-6-19)4-2-18(28)22(11-15-25)12-16-26/h17,23-27H,1-16H2. The molecule has 0 aliphatic carbocycles. The fourth-order valence-corrected chi connectivity index (χ4v) is 3.40. The van der Waals surface area contributed by atoms with E-state index < -0.39 is 6.23 Å². The number of nitrogens with zero attached hydrogens (tertiary/aromatic N) is 4. The Balaban J connectivity index is 2.26. The van der Waals surface area contributed by atoms with Gasteiger partial charge in [-0.25, -0.2) is 0 Å². The van der Waals surface area contributed by atoms with Gasteiger partial charge in [0.2, 0.25) is 5.91 Å². The summed E-state index contributed by atoms with van der Waals surface area (Å²) >= 11 is 0. The molecule has 5 N–H and O–H groups in total. The average Bonchev–Trinajstić information content (AvgIpc) is 2.70. The number of aliphatic hydroxyl groups is 5. The zero-order valence-corrected chi connectivity index (χ0v) is 16.8. The Labute approximate surface area is 167 Å². The first-order chi connectivity index (χ1) is 13.5. The largest absolute Gasteiger partial charge is 0.395 e. The quantitative estimate of drug-likeness (QED) is 0.178. The maximum absolute atomic E-state index is 12.2. The van der Waals surface area contributed by atoms with E-state index in [1.54, 1.807) is 4.90 Å². The van der Waals surface area contributed by atoms with Crippen LogP contribution in [0.5, 0.6) is 0 Å². The van der Waals surface area contributed by atoms with Crippen LogP contribution in [-0.4, -0.2) is 149 Å². The summed E-state index contributed by atoms with van der Waals surface area (Å²) in [4.78, 5) is 19.8. The molecular formula is C18H38N4O6. The van der Waals surface area contributed by atoms with Crippen molar-refractivity contribution in [2.24, 2.45) is 0 Å². The van der Waals surface area contributed by atoms with Crippen LogP contribution in [0, 0.1) is 0 Å². The van der Waals surface area contributed by atoms with Crippen LogP contribution in [-0.2, 0) is 4.79 Å². The molecule has 0 bridgehead atoms. The molecule has 10 heteroatoms. The zero-order valence-electron chi connectivity index (χ0n) is 16.8. The van der Waals surface area contributed by atoms with E-state index in [4.69, 9.17) is 20.4 Å². The molecule has 166 valence electrons. The third-order valence-corrected chi connectivity index (χ3v) is 5.10. The van der Waals surface area contributed by atoms with Gasteiger partial charge in [-0.05, 0) is 6.42 Å². The molecule has 10 nitrogen and oxygen atoms in total. The van der Waals surface area contributed by atoms with E-state index in [0.29, 0.717) is 32.5 Å². The number of amides is 1. The smallest absolute Gasteiger partial charge is 0.224 e. The van der Waals surface area contributed by atoms with E-state index in [1.807, 2.05) is 0 Å². The van der Waals surface area contributed by atoms with Gasteiger partial charge < -0.3 is 40.2 Å². The highest BCUT2D eigenvalue weighted by Gasteiger charge is 2.21. The van der Waals surface area contributed by atoms with Crippen LogP contribution in [0.3, 0.4) is 0 Å². The summed E-state index contributed by atoms with van der Waals surface area (Å²) in [5, 5.41) is 46.3. The molecule has 1 unspecified atom stereocenters. The van der Waals surface area contributed by atoms with Crippen molar-refractivity contribution < 1.29 is 30.3 Å². The van der Waals surface area contributed by atoms with Crippen molar-refractivity contribution in [1.29, 1.82) is 0 Å². The van der Waals surface area contributed by atoms with Gasteiger partial charge in [-0.3, -0.25) is 9.69 Å². The van der Waals surface area contributed by atoms with Gasteiger partial charge in [0, 0.05) is 71.9 Å². The Bertz CT molecular complexity index is 398. The van der Waals surface area contributed by atoms with Crippen LogP contribution in [0.2, 0.25) is 0 Å². The lowest BCUT2D eigenvalue weighted by Gasteiger charge is -2.36. The van der Waals surface area contributed by atoms with Crippen molar-refractivity contribution in [3.63, 3.8) is 0 Å². The molecule has 0 saturated carbocycles. The number of carbonyl (C=O) groups excluding carboxylic acids is 1. The van der Waals surface area contributed by atoms with Gasteiger partial charge in [-0.2, -0.15) is 0 Å². The first-order valence-corrected chi connectivity index (χ1v) is 10.1. The molecule has 1 fully saturated rings. The fraction of sp³-hybridized carbons (Fsp3) is 0.944. The number of piperazine rings is 1. The molecule has 1 heterocycles. The molecule has 28 heavy (non-hydrogen) atoms. The number of hydrogen-bond acceptors (Lipinski definition) is 9. The van der Waals surface area contributed by atoms with Crippen molar-refractivity contribution >= 4 is 5.91 Å². The Kier molecular flexibility index (Phi) is 13.5. The summed E-state index contributed by atoms with van der Waals surface area (Å²) in [6, 6.07) is 0. The fourth-order valence-electron chi connectivity index (χ4n) is 3.40. The summed E-state index contributed by atoms with van der Waals surface area (Å²) in [5.41, 5.74) is 0. The van der Waals surface area contributed by atoms with Gasteiger partial charge in [0.05, 0.1) is 26.4 Å². The maximum atomic E-state index is 12.2. The molecular weight excluding hydrogens is 368 g/mol. The van der Waals surface area contributed by atoms with E-state index in [9.17, 15) is 9.90 Å². The van der Waals surface area contributed by atoms with Crippen molar-refractivity contribution in [3.8, 4) is 0 Å². The molecule has 1 rings (SSSR count). The Morgan fingerprint density at radius 2 is 1.25 bits per heavy atom. The van der Waals surface area contributed by atoms with E-state index in [2.05, 4.69) is 9.80 Å². The molecule has 0 radical (unpaired) electrons. The summed E-state index contributed by atoms with van der Waals surface area (Å²) < 4.78 is 0. The van der Waals surface area contributed by atoms with Crippen LogP contribution in [0.4, 0.5) is 0 Å². The van der Waals surface area contributed by atoms with Crippen molar-refractivity contribution in [2.45, 2.75) is 19.1 Å². The van der Waals surface area contributed by atoms with E-state index in [1.165, 1.54) is 4.90 Å². The van der Waals surface area contributed by atoms with E-state index in [0.717, 1.165) is 32.7 Å². The van der Waals surface area contributed by atoms with Crippen LogP contribution < -0.4 is 0 Å². The minimum Gasteiger partial charge on any atom is -0.395 e. The third-order valence-electron chi connectivity index (χ3n) is 5.10. The van der Waals surface area contributed by atoms with Gasteiger partial charge >= 0.3 is 0 Å². The third kappa shape index (κ3) is 9.57. The lowest BCUT2D eigenvalue weighted by atomic mass is 10.2. The van der Waals surface area contributed by atoms with Crippen LogP contribution in [0.1, 0.15) is 12.8 Å². The number of aliphatic hydroxyl groups excluding tert-OH is 5. The van der Waals surface area contributed by atoms with Gasteiger partial charge in [0.1, 0.15) is 6.23 Å². The monoisotopic (exact) mass is 406 g/mol. The SMILES string of the molecule is O=C(CCN1CCN(CCC(O)N(CCO)CCO)CC1)N(CCO)CCO. The van der Waals surface area contributed by atoms with Gasteiger partial charge in [0.15, 0.2) is 0 Å². The molecule has 0 aromatic carbocycles. The van der Waals surface area contributed by atoms with Crippen LogP contribution >= 0.6 is 0 Å². The number of hydrogen-bond donors (Lipinski definition) is 5. The Morgan fingerprint density at radius 1 is 0.786 bits per heavy atom. The Hall–Kier alpha value is -0.850. The maximum Gasteiger partial charge on any atom is 0.224 e. The second kappa shape index (κ2) is 15.1. The van der Waals surface area contributed by atoms with Gasteiger partial charge in [-0.15, -0.1) is 0 Å². The molecule has 0 aromatic heterocycles. The minimum absolute atomic E-state index is 0.0531. The number of rotatable bonds is 15. The van der Waals surface area contributed by atoms with E-state index >= 15 is 0 Å². The summed E-state index contributed by atoms with van der Waals surface area (Å²) in [5.74, 6) is -0.0542. The summed E-state index contributed by atoms with van der Waals surface area (Å²) in [6.45, 7) is 5.67.